The van der Waals surface area contributed by atoms with Gasteiger partial charge in [0, 0.05) is 39.8 Å². The molecule has 3 rings (SSSR count). The molecule has 1 aromatic carbocycles. The van der Waals surface area contributed by atoms with Crippen LogP contribution < -0.4 is 10.1 Å². The van der Waals surface area contributed by atoms with Crippen LogP contribution in [0.3, 0.4) is 0 Å². The number of piperazine rings is 1. The predicted molar refractivity (Wildman–Crippen MR) is 109 cm³/mol. The lowest BCUT2D eigenvalue weighted by molar-refractivity contribution is 0.0657. The number of guanidine groups is 1. The van der Waals surface area contributed by atoms with Gasteiger partial charge in [-0.25, -0.2) is 0 Å². The molecule has 150 valence electrons. The average Bonchev–Trinajstić information content (AvgIpc) is 3.27. The minimum absolute atomic E-state index is 0.0548. The third-order valence-corrected chi connectivity index (χ3v) is 4.70. The number of nitrogens with one attached hydrogen (secondary N) is 1. The van der Waals surface area contributed by atoms with Crippen molar-refractivity contribution in [1.29, 1.82) is 0 Å². The number of carbonyl (C=O) groups excluding carboxylic acids is 1. The first-order valence-electron chi connectivity index (χ1n) is 9.65. The summed E-state index contributed by atoms with van der Waals surface area (Å²) in [6.07, 6.45) is 2.40. The van der Waals surface area contributed by atoms with Crippen LogP contribution in [0, 0.1) is 6.92 Å². The molecule has 2 heterocycles. The summed E-state index contributed by atoms with van der Waals surface area (Å²) < 4.78 is 11.0. The Morgan fingerprint density at radius 3 is 2.50 bits per heavy atom. The third-order valence-electron chi connectivity index (χ3n) is 4.70. The van der Waals surface area contributed by atoms with Gasteiger partial charge in [0.2, 0.25) is 0 Å². The summed E-state index contributed by atoms with van der Waals surface area (Å²) in [4.78, 5) is 20.7. The fourth-order valence-electron chi connectivity index (χ4n) is 3.11. The Balaban J connectivity index is 1.36. The van der Waals surface area contributed by atoms with Gasteiger partial charge in [0.25, 0.3) is 5.91 Å². The van der Waals surface area contributed by atoms with Crippen molar-refractivity contribution in [2.24, 2.45) is 4.99 Å². The van der Waals surface area contributed by atoms with Crippen LogP contribution in [0.2, 0.25) is 0 Å². The topological polar surface area (TPSA) is 70.3 Å². The first-order chi connectivity index (χ1) is 13.7. The second kappa shape index (κ2) is 9.82. The van der Waals surface area contributed by atoms with Crippen LogP contribution in [-0.4, -0.2) is 68.0 Å². The van der Waals surface area contributed by atoms with E-state index < -0.39 is 0 Å². The van der Waals surface area contributed by atoms with Crippen molar-refractivity contribution in [2.75, 3.05) is 46.4 Å². The summed E-state index contributed by atoms with van der Waals surface area (Å²) >= 11 is 0. The Hall–Kier alpha value is -2.96. The fourth-order valence-corrected chi connectivity index (χ4v) is 3.11. The van der Waals surface area contributed by atoms with E-state index in [1.54, 1.807) is 19.2 Å². The second-order valence-corrected chi connectivity index (χ2v) is 6.75. The maximum Gasteiger partial charge on any atom is 0.289 e. The molecule has 28 heavy (non-hydrogen) atoms. The maximum absolute atomic E-state index is 12.3. The van der Waals surface area contributed by atoms with Crippen molar-refractivity contribution in [2.45, 2.75) is 13.3 Å². The molecule has 1 aromatic heterocycles. The Bertz CT molecular complexity index is 763. The Kier molecular flexibility index (Phi) is 6.94. The SMILES string of the molecule is CN=C(NCCCOc1ccc(C)cc1)N1CCN(C(=O)c2ccco2)CC1. The largest absolute Gasteiger partial charge is 0.494 e. The van der Waals surface area contributed by atoms with Crippen molar-refractivity contribution in [1.82, 2.24) is 15.1 Å². The first kappa shape index (κ1) is 19.8. The van der Waals surface area contributed by atoms with Crippen LogP contribution in [-0.2, 0) is 0 Å². The molecule has 1 aliphatic rings. The molecule has 7 heteroatoms. The number of aliphatic imine (C=N–C) groups is 1. The Labute approximate surface area is 166 Å². The van der Waals surface area contributed by atoms with E-state index in [0.717, 1.165) is 37.8 Å². The highest BCUT2D eigenvalue weighted by atomic mass is 16.5. The summed E-state index contributed by atoms with van der Waals surface area (Å²) in [5.41, 5.74) is 1.23. The number of hydrogen-bond donors (Lipinski definition) is 1. The lowest BCUT2D eigenvalue weighted by atomic mass is 10.2. The van der Waals surface area contributed by atoms with Crippen molar-refractivity contribution >= 4 is 11.9 Å². The van der Waals surface area contributed by atoms with Crippen LogP contribution in [0.4, 0.5) is 0 Å². The van der Waals surface area contributed by atoms with Gasteiger partial charge in [-0.15, -0.1) is 0 Å². The van der Waals surface area contributed by atoms with Crippen LogP contribution in [0.5, 0.6) is 5.75 Å². The standard InChI is InChI=1S/C21H28N4O3/c1-17-6-8-18(9-7-17)27-16-4-10-23-21(22-2)25-13-11-24(12-14-25)20(26)19-5-3-15-28-19/h3,5-9,15H,4,10-14,16H2,1-2H3,(H,22,23). The Morgan fingerprint density at radius 1 is 1.14 bits per heavy atom. The van der Waals surface area contributed by atoms with Crippen molar-refractivity contribution in [3.05, 3.63) is 54.0 Å². The molecule has 2 aromatic rings. The molecule has 0 aliphatic carbocycles. The summed E-state index contributed by atoms with van der Waals surface area (Å²) in [6, 6.07) is 11.5. The van der Waals surface area contributed by atoms with Gasteiger partial charge in [-0.1, -0.05) is 17.7 Å². The normalized spacial score (nSPS) is 14.9. The molecule has 1 saturated heterocycles. The molecular weight excluding hydrogens is 356 g/mol. The van der Waals surface area contributed by atoms with Gasteiger partial charge in [-0.2, -0.15) is 0 Å². The number of carbonyl (C=O) groups is 1. The molecule has 1 N–H and O–H groups in total. The predicted octanol–water partition coefficient (Wildman–Crippen LogP) is 2.39. The monoisotopic (exact) mass is 384 g/mol. The number of hydrogen-bond acceptors (Lipinski definition) is 4. The van der Waals surface area contributed by atoms with Crippen LogP contribution >= 0.6 is 0 Å². The van der Waals surface area contributed by atoms with Gasteiger partial charge in [-0.3, -0.25) is 9.79 Å². The van der Waals surface area contributed by atoms with Crippen molar-refractivity contribution in [3.63, 3.8) is 0 Å². The van der Waals surface area contributed by atoms with Crippen LogP contribution in [0.15, 0.2) is 52.1 Å². The van der Waals surface area contributed by atoms with Gasteiger partial charge in [0.15, 0.2) is 11.7 Å². The zero-order valence-corrected chi connectivity index (χ0v) is 16.6. The molecule has 1 amide bonds. The average molecular weight is 384 g/mol. The highest BCUT2D eigenvalue weighted by Crippen LogP contribution is 2.12. The number of amides is 1. The van der Waals surface area contributed by atoms with E-state index in [1.807, 2.05) is 29.2 Å². The molecule has 1 aliphatic heterocycles. The van der Waals surface area contributed by atoms with Gasteiger partial charge < -0.3 is 24.3 Å². The van der Waals surface area contributed by atoms with E-state index >= 15 is 0 Å². The molecule has 0 unspecified atom stereocenters. The summed E-state index contributed by atoms with van der Waals surface area (Å²) in [6.45, 7) is 6.28. The van der Waals surface area contributed by atoms with Crippen LogP contribution in [0.1, 0.15) is 22.5 Å². The zero-order chi connectivity index (χ0) is 19.8. The zero-order valence-electron chi connectivity index (χ0n) is 16.6. The number of aryl methyl sites for hydroxylation is 1. The van der Waals surface area contributed by atoms with Crippen molar-refractivity contribution in [3.8, 4) is 5.75 Å². The number of rotatable bonds is 6. The minimum Gasteiger partial charge on any atom is -0.494 e. The summed E-state index contributed by atoms with van der Waals surface area (Å²) in [5, 5.41) is 3.38. The van der Waals surface area contributed by atoms with Gasteiger partial charge in [-0.05, 0) is 37.6 Å². The molecule has 0 saturated carbocycles. The number of furan rings is 1. The molecule has 0 bridgehead atoms. The van der Waals surface area contributed by atoms with E-state index in [0.29, 0.717) is 25.5 Å². The van der Waals surface area contributed by atoms with Gasteiger partial charge in [0.1, 0.15) is 5.75 Å². The molecule has 1 fully saturated rings. The summed E-state index contributed by atoms with van der Waals surface area (Å²) in [5.74, 6) is 2.10. The lowest BCUT2D eigenvalue weighted by Crippen LogP contribution is -2.53. The van der Waals surface area contributed by atoms with E-state index in [9.17, 15) is 4.79 Å². The lowest BCUT2D eigenvalue weighted by Gasteiger charge is -2.36. The van der Waals surface area contributed by atoms with Gasteiger partial charge >= 0.3 is 0 Å². The van der Waals surface area contributed by atoms with E-state index in [4.69, 9.17) is 9.15 Å². The molecule has 0 radical (unpaired) electrons. The Morgan fingerprint density at radius 2 is 1.86 bits per heavy atom. The number of ether oxygens (including phenoxy) is 1. The fraction of sp³-hybridized carbons (Fsp3) is 0.429. The number of benzene rings is 1. The number of nitrogens with zero attached hydrogens (tertiary/aromatic N) is 3. The smallest absolute Gasteiger partial charge is 0.289 e. The van der Waals surface area contributed by atoms with E-state index in [2.05, 4.69) is 22.1 Å². The third kappa shape index (κ3) is 5.28. The molecule has 0 atom stereocenters. The quantitative estimate of drug-likeness (QED) is 0.470. The highest BCUT2D eigenvalue weighted by Gasteiger charge is 2.24. The maximum atomic E-state index is 12.3. The second-order valence-electron chi connectivity index (χ2n) is 6.75. The molecular formula is C21H28N4O3. The van der Waals surface area contributed by atoms with E-state index in [1.165, 1.54) is 11.8 Å². The minimum atomic E-state index is -0.0548. The highest BCUT2D eigenvalue weighted by molar-refractivity contribution is 5.91. The molecule has 0 spiro atoms. The van der Waals surface area contributed by atoms with Gasteiger partial charge in [0.05, 0.1) is 12.9 Å². The molecule has 7 nitrogen and oxygen atoms in total. The first-order valence-corrected chi connectivity index (χ1v) is 9.65. The van der Waals surface area contributed by atoms with Crippen LogP contribution in [0.25, 0.3) is 0 Å². The summed E-state index contributed by atoms with van der Waals surface area (Å²) in [7, 11) is 1.78. The van der Waals surface area contributed by atoms with E-state index in [-0.39, 0.29) is 5.91 Å². The van der Waals surface area contributed by atoms with Crippen molar-refractivity contribution < 1.29 is 13.9 Å².